The molecule has 0 aliphatic rings. The minimum absolute atomic E-state index is 0.239. The van der Waals surface area contributed by atoms with Gasteiger partial charge in [0.05, 0.1) is 6.04 Å². The van der Waals surface area contributed by atoms with E-state index in [0.29, 0.717) is 16.3 Å². The van der Waals surface area contributed by atoms with E-state index >= 15 is 0 Å². The third-order valence-corrected chi connectivity index (χ3v) is 2.14. The fourth-order valence-electron chi connectivity index (χ4n) is 0.989. The van der Waals surface area contributed by atoms with Crippen molar-refractivity contribution in [3.8, 4) is 0 Å². The fraction of sp³-hybridized carbons (Fsp3) is 0.222. The molecule has 0 bridgehead atoms. The standard InChI is InChI=1S/C9H9BrFNO/c10-7-2-1-6(9(11)4-7)3-8(12)5-13/h1-2,4-5,8H,3,12H2. The van der Waals surface area contributed by atoms with Crippen molar-refractivity contribution >= 4 is 22.2 Å². The van der Waals surface area contributed by atoms with E-state index in [1.165, 1.54) is 6.07 Å². The van der Waals surface area contributed by atoms with E-state index in [1.54, 1.807) is 12.1 Å². The Morgan fingerprint density at radius 1 is 1.62 bits per heavy atom. The maximum Gasteiger partial charge on any atom is 0.137 e. The molecule has 1 aromatic rings. The van der Waals surface area contributed by atoms with Crippen molar-refractivity contribution in [2.45, 2.75) is 12.5 Å². The number of hydrogen-bond acceptors (Lipinski definition) is 2. The van der Waals surface area contributed by atoms with Gasteiger partial charge in [0.15, 0.2) is 0 Å². The van der Waals surface area contributed by atoms with Gasteiger partial charge in [-0.3, -0.25) is 0 Å². The summed E-state index contributed by atoms with van der Waals surface area (Å²) in [7, 11) is 0. The molecule has 2 nitrogen and oxygen atoms in total. The van der Waals surface area contributed by atoms with Gasteiger partial charge in [-0.1, -0.05) is 22.0 Å². The zero-order valence-electron chi connectivity index (χ0n) is 6.84. The normalized spacial score (nSPS) is 12.5. The van der Waals surface area contributed by atoms with Crippen LogP contribution in [0.2, 0.25) is 0 Å². The Hall–Kier alpha value is -0.740. The smallest absolute Gasteiger partial charge is 0.137 e. The van der Waals surface area contributed by atoms with Gasteiger partial charge in [0.1, 0.15) is 12.1 Å². The van der Waals surface area contributed by atoms with Crippen molar-refractivity contribution in [2.75, 3.05) is 0 Å². The van der Waals surface area contributed by atoms with Crippen molar-refractivity contribution in [3.63, 3.8) is 0 Å². The van der Waals surface area contributed by atoms with Gasteiger partial charge in [-0.2, -0.15) is 0 Å². The third-order valence-electron chi connectivity index (χ3n) is 1.65. The Morgan fingerprint density at radius 3 is 2.85 bits per heavy atom. The summed E-state index contributed by atoms with van der Waals surface area (Å²) in [4.78, 5) is 10.2. The highest BCUT2D eigenvalue weighted by molar-refractivity contribution is 9.10. The van der Waals surface area contributed by atoms with Crippen LogP contribution in [0.4, 0.5) is 4.39 Å². The van der Waals surface area contributed by atoms with Gasteiger partial charge in [0.25, 0.3) is 0 Å². The number of benzene rings is 1. The molecule has 0 amide bonds. The number of carbonyl (C=O) groups excluding carboxylic acids is 1. The van der Waals surface area contributed by atoms with Gasteiger partial charge in [-0.05, 0) is 24.1 Å². The molecule has 0 heterocycles. The predicted octanol–water partition coefficient (Wildman–Crippen LogP) is 1.66. The lowest BCUT2D eigenvalue weighted by molar-refractivity contribution is -0.108. The average Bonchev–Trinajstić information content (AvgIpc) is 2.09. The maximum atomic E-state index is 13.1. The summed E-state index contributed by atoms with van der Waals surface area (Å²) in [5.74, 6) is -0.341. The van der Waals surface area contributed by atoms with Gasteiger partial charge in [0, 0.05) is 4.47 Å². The van der Waals surface area contributed by atoms with Gasteiger partial charge in [-0.25, -0.2) is 4.39 Å². The number of carbonyl (C=O) groups is 1. The molecule has 0 spiro atoms. The second kappa shape index (κ2) is 4.48. The molecule has 0 aromatic heterocycles. The minimum Gasteiger partial charge on any atom is -0.321 e. The zero-order valence-corrected chi connectivity index (χ0v) is 8.42. The summed E-state index contributed by atoms with van der Waals surface area (Å²) in [6, 6.07) is 4.06. The predicted molar refractivity (Wildman–Crippen MR) is 51.8 cm³/mol. The second-order valence-electron chi connectivity index (χ2n) is 2.74. The number of hydrogen-bond donors (Lipinski definition) is 1. The fourth-order valence-corrected chi connectivity index (χ4v) is 1.32. The quantitative estimate of drug-likeness (QED) is 0.824. The van der Waals surface area contributed by atoms with Crippen LogP contribution in [-0.2, 0) is 11.2 Å². The van der Waals surface area contributed by atoms with Gasteiger partial charge >= 0.3 is 0 Å². The molecule has 1 rings (SSSR count). The number of nitrogens with two attached hydrogens (primary N) is 1. The monoisotopic (exact) mass is 245 g/mol. The molecule has 1 atom stereocenters. The van der Waals surface area contributed by atoms with Crippen molar-refractivity contribution in [2.24, 2.45) is 5.73 Å². The molecule has 0 aliphatic carbocycles. The maximum absolute atomic E-state index is 13.1. The SMILES string of the molecule is NC(C=O)Cc1ccc(Br)cc1F. The zero-order chi connectivity index (χ0) is 9.84. The Balaban J connectivity index is 2.83. The van der Waals surface area contributed by atoms with E-state index in [4.69, 9.17) is 5.73 Å². The first-order chi connectivity index (χ1) is 6.13. The van der Waals surface area contributed by atoms with Gasteiger partial charge < -0.3 is 10.5 Å². The van der Waals surface area contributed by atoms with Gasteiger partial charge in [0.2, 0.25) is 0 Å². The summed E-state index contributed by atoms with van der Waals surface area (Å²) >= 11 is 3.14. The largest absolute Gasteiger partial charge is 0.321 e. The summed E-state index contributed by atoms with van der Waals surface area (Å²) in [6.45, 7) is 0. The summed E-state index contributed by atoms with van der Waals surface area (Å²) in [5, 5.41) is 0. The van der Waals surface area contributed by atoms with Crippen LogP contribution in [0.1, 0.15) is 5.56 Å². The molecule has 70 valence electrons. The highest BCUT2D eigenvalue weighted by atomic mass is 79.9. The summed E-state index contributed by atoms with van der Waals surface area (Å²) in [5.41, 5.74) is 5.83. The summed E-state index contributed by atoms with van der Waals surface area (Å²) < 4.78 is 13.8. The number of halogens is 2. The van der Waals surface area contributed by atoms with Crippen LogP contribution in [0.25, 0.3) is 0 Å². The Bertz CT molecular complexity index is 316. The molecule has 0 saturated heterocycles. The Morgan fingerprint density at radius 2 is 2.31 bits per heavy atom. The first-order valence-electron chi connectivity index (χ1n) is 3.78. The first-order valence-corrected chi connectivity index (χ1v) is 4.57. The summed E-state index contributed by atoms with van der Waals surface area (Å²) in [6.07, 6.45) is 0.851. The molecule has 1 unspecified atom stereocenters. The molecule has 0 radical (unpaired) electrons. The Kier molecular flexibility index (Phi) is 3.57. The van der Waals surface area contributed by atoms with E-state index in [9.17, 15) is 9.18 Å². The van der Waals surface area contributed by atoms with Crippen LogP contribution in [0, 0.1) is 5.82 Å². The number of rotatable bonds is 3. The molecular formula is C9H9BrFNO. The van der Waals surface area contributed by atoms with E-state index in [0.717, 1.165) is 0 Å². The lowest BCUT2D eigenvalue weighted by atomic mass is 10.1. The molecule has 1 aromatic carbocycles. The minimum atomic E-state index is -0.629. The van der Waals surface area contributed by atoms with E-state index in [-0.39, 0.29) is 12.2 Å². The highest BCUT2D eigenvalue weighted by Gasteiger charge is 2.07. The third kappa shape index (κ3) is 2.90. The van der Waals surface area contributed by atoms with E-state index < -0.39 is 6.04 Å². The second-order valence-corrected chi connectivity index (χ2v) is 3.66. The van der Waals surface area contributed by atoms with E-state index in [1.807, 2.05) is 0 Å². The van der Waals surface area contributed by atoms with Crippen LogP contribution in [0.5, 0.6) is 0 Å². The van der Waals surface area contributed by atoms with Crippen LogP contribution in [-0.4, -0.2) is 12.3 Å². The van der Waals surface area contributed by atoms with Crippen LogP contribution in [0.3, 0.4) is 0 Å². The molecule has 0 saturated carbocycles. The first kappa shape index (κ1) is 10.3. The highest BCUT2D eigenvalue weighted by Crippen LogP contribution is 2.15. The van der Waals surface area contributed by atoms with Crippen molar-refractivity contribution < 1.29 is 9.18 Å². The topological polar surface area (TPSA) is 43.1 Å². The van der Waals surface area contributed by atoms with E-state index in [2.05, 4.69) is 15.9 Å². The molecule has 4 heteroatoms. The number of aldehydes is 1. The van der Waals surface area contributed by atoms with Crippen molar-refractivity contribution in [3.05, 3.63) is 34.1 Å². The molecular weight excluding hydrogens is 237 g/mol. The van der Waals surface area contributed by atoms with Crippen LogP contribution in [0.15, 0.2) is 22.7 Å². The lowest BCUT2D eigenvalue weighted by Gasteiger charge is -2.05. The molecule has 13 heavy (non-hydrogen) atoms. The lowest BCUT2D eigenvalue weighted by Crippen LogP contribution is -2.24. The van der Waals surface area contributed by atoms with Crippen LogP contribution >= 0.6 is 15.9 Å². The van der Waals surface area contributed by atoms with Crippen molar-refractivity contribution in [1.29, 1.82) is 0 Å². The molecule has 0 aliphatic heterocycles. The Labute approximate surface area is 84.1 Å². The molecule has 0 fully saturated rings. The van der Waals surface area contributed by atoms with Crippen molar-refractivity contribution in [1.82, 2.24) is 0 Å². The average molecular weight is 246 g/mol. The van der Waals surface area contributed by atoms with Gasteiger partial charge in [-0.15, -0.1) is 0 Å². The molecule has 2 N–H and O–H groups in total. The van der Waals surface area contributed by atoms with Crippen LogP contribution < -0.4 is 5.73 Å².